The Morgan fingerprint density at radius 3 is 2.88 bits per heavy atom. The molecule has 1 aliphatic carbocycles. The minimum atomic E-state index is 0.384. The molecule has 0 radical (unpaired) electrons. The third-order valence-electron chi connectivity index (χ3n) is 3.21. The van der Waals surface area contributed by atoms with Gasteiger partial charge in [-0.25, -0.2) is 4.98 Å². The highest BCUT2D eigenvalue weighted by atomic mass is 32.1. The molecular formula is C13H18N2OS. The lowest BCUT2D eigenvalue weighted by Crippen LogP contribution is -2.16. The zero-order valence-electron chi connectivity index (χ0n) is 9.89. The van der Waals surface area contributed by atoms with E-state index < -0.39 is 0 Å². The quantitative estimate of drug-likeness (QED) is 0.835. The third kappa shape index (κ3) is 3.66. The molecule has 4 heteroatoms. The molecule has 1 heterocycles. The van der Waals surface area contributed by atoms with Crippen molar-refractivity contribution < 1.29 is 4.74 Å². The maximum Gasteiger partial charge on any atom is 0.213 e. The number of nitrogens with two attached hydrogens (primary N) is 1. The van der Waals surface area contributed by atoms with Crippen molar-refractivity contribution >= 4 is 17.2 Å². The van der Waals surface area contributed by atoms with E-state index in [0.717, 1.165) is 12.2 Å². The maximum absolute atomic E-state index is 5.71. The monoisotopic (exact) mass is 250 g/mol. The van der Waals surface area contributed by atoms with E-state index in [1.165, 1.54) is 32.1 Å². The van der Waals surface area contributed by atoms with Crippen molar-refractivity contribution in [3.63, 3.8) is 0 Å². The lowest BCUT2D eigenvalue weighted by Gasteiger charge is -2.21. The highest BCUT2D eigenvalue weighted by Crippen LogP contribution is 2.24. The number of aromatic nitrogens is 1. The van der Waals surface area contributed by atoms with Gasteiger partial charge in [-0.15, -0.1) is 0 Å². The van der Waals surface area contributed by atoms with Gasteiger partial charge in [-0.05, 0) is 24.8 Å². The minimum absolute atomic E-state index is 0.384. The van der Waals surface area contributed by atoms with E-state index in [9.17, 15) is 0 Å². The van der Waals surface area contributed by atoms with Crippen molar-refractivity contribution in [1.29, 1.82) is 0 Å². The van der Waals surface area contributed by atoms with Gasteiger partial charge in [0.15, 0.2) is 0 Å². The molecule has 1 fully saturated rings. The first kappa shape index (κ1) is 12.3. The van der Waals surface area contributed by atoms with Crippen molar-refractivity contribution in [1.82, 2.24) is 4.98 Å². The van der Waals surface area contributed by atoms with Crippen molar-refractivity contribution in [3.8, 4) is 5.88 Å². The Morgan fingerprint density at radius 2 is 2.18 bits per heavy atom. The lowest BCUT2D eigenvalue weighted by molar-refractivity contribution is 0.203. The number of rotatable bonds is 4. The number of ether oxygens (including phenoxy) is 1. The smallest absolute Gasteiger partial charge is 0.213 e. The molecule has 17 heavy (non-hydrogen) atoms. The fourth-order valence-corrected chi connectivity index (χ4v) is 2.33. The lowest BCUT2D eigenvalue weighted by atomic mass is 9.90. The molecule has 0 amide bonds. The number of pyridine rings is 1. The first-order chi connectivity index (χ1) is 8.25. The van der Waals surface area contributed by atoms with Crippen LogP contribution in [0.2, 0.25) is 0 Å². The molecule has 92 valence electrons. The predicted molar refractivity (Wildman–Crippen MR) is 72.2 cm³/mol. The molecule has 3 nitrogen and oxygen atoms in total. The van der Waals surface area contributed by atoms with Crippen LogP contribution in [-0.2, 0) is 0 Å². The van der Waals surface area contributed by atoms with Gasteiger partial charge in [0.1, 0.15) is 4.99 Å². The number of hydrogen-bond donors (Lipinski definition) is 1. The average molecular weight is 250 g/mol. The summed E-state index contributed by atoms with van der Waals surface area (Å²) in [5.74, 6) is 1.31. The molecule has 0 aliphatic heterocycles. The van der Waals surface area contributed by atoms with Crippen LogP contribution in [0, 0.1) is 5.92 Å². The second-order valence-corrected chi connectivity index (χ2v) is 5.00. The van der Waals surface area contributed by atoms with Crippen LogP contribution in [0.15, 0.2) is 18.3 Å². The van der Waals surface area contributed by atoms with Crippen LogP contribution >= 0.6 is 12.2 Å². The fraction of sp³-hybridized carbons (Fsp3) is 0.538. The Labute approximate surface area is 107 Å². The highest BCUT2D eigenvalue weighted by Gasteiger charge is 2.14. The average Bonchev–Trinajstić information content (AvgIpc) is 2.38. The molecule has 1 saturated carbocycles. The largest absolute Gasteiger partial charge is 0.477 e. The van der Waals surface area contributed by atoms with E-state index in [2.05, 4.69) is 4.98 Å². The van der Waals surface area contributed by atoms with E-state index in [4.69, 9.17) is 22.7 Å². The van der Waals surface area contributed by atoms with Crippen LogP contribution in [0.3, 0.4) is 0 Å². The van der Waals surface area contributed by atoms with Crippen molar-refractivity contribution in [2.75, 3.05) is 6.61 Å². The Morgan fingerprint density at radius 1 is 1.41 bits per heavy atom. The summed E-state index contributed by atoms with van der Waals surface area (Å²) in [6.45, 7) is 0.758. The number of thiocarbonyl (C=S) groups is 1. The van der Waals surface area contributed by atoms with E-state index in [1.54, 1.807) is 12.3 Å². The molecule has 1 aromatic heterocycles. The third-order valence-corrected chi connectivity index (χ3v) is 3.45. The van der Waals surface area contributed by atoms with Crippen LogP contribution in [0.5, 0.6) is 5.88 Å². The number of nitrogens with zero attached hydrogens (tertiary/aromatic N) is 1. The SMILES string of the molecule is NC(=S)c1ccnc(OCC2CCCCC2)c1. The molecule has 0 aromatic carbocycles. The molecule has 0 bridgehead atoms. The van der Waals surface area contributed by atoms with Gasteiger partial charge < -0.3 is 10.5 Å². The van der Waals surface area contributed by atoms with Gasteiger partial charge in [0.25, 0.3) is 0 Å². The molecule has 0 atom stereocenters. The second-order valence-electron chi connectivity index (χ2n) is 4.56. The van der Waals surface area contributed by atoms with Gasteiger partial charge in [0, 0.05) is 17.8 Å². The first-order valence-electron chi connectivity index (χ1n) is 6.14. The van der Waals surface area contributed by atoms with E-state index in [1.807, 2.05) is 6.07 Å². The Bertz CT molecular complexity index is 389. The molecule has 1 aliphatic rings. The molecule has 0 spiro atoms. The summed E-state index contributed by atoms with van der Waals surface area (Å²) in [4.78, 5) is 4.55. The van der Waals surface area contributed by atoms with Crippen LogP contribution in [0.25, 0.3) is 0 Å². The summed E-state index contributed by atoms with van der Waals surface area (Å²) in [6.07, 6.45) is 8.25. The second kappa shape index (κ2) is 5.96. The van der Waals surface area contributed by atoms with E-state index in [0.29, 0.717) is 16.8 Å². The minimum Gasteiger partial charge on any atom is -0.477 e. The molecular weight excluding hydrogens is 232 g/mol. The topological polar surface area (TPSA) is 48.1 Å². The highest BCUT2D eigenvalue weighted by molar-refractivity contribution is 7.80. The summed E-state index contributed by atoms with van der Waals surface area (Å²) in [5.41, 5.74) is 6.38. The van der Waals surface area contributed by atoms with E-state index >= 15 is 0 Å². The van der Waals surface area contributed by atoms with Gasteiger partial charge in [0.2, 0.25) is 5.88 Å². The first-order valence-corrected chi connectivity index (χ1v) is 6.55. The van der Waals surface area contributed by atoms with Gasteiger partial charge in [-0.3, -0.25) is 0 Å². The molecule has 0 unspecified atom stereocenters. The molecule has 0 saturated heterocycles. The predicted octanol–water partition coefficient (Wildman–Crippen LogP) is 2.67. The summed E-state index contributed by atoms with van der Waals surface area (Å²) >= 11 is 4.93. The van der Waals surface area contributed by atoms with E-state index in [-0.39, 0.29) is 0 Å². The zero-order valence-corrected chi connectivity index (χ0v) is 10.7. The molecule has 1 aromatic rings. The fourth-order valence-electron chi connectivity index (χ4n) is 2.20. The summed E-state index contributed by atoms with van der Waals surface area (Å²) < 4.78 is 5.71. The van der Waals surface area contributed by atoms with Gasteiger partial charge in [-0.1, -0.05) is 31.5 Å². The standard InChI is InChI=1S/C13H18N2OS/c14-13(17)11-6-7-15-12(8-11)16-9-10-4-2-1-3-5-10/h6-8,10H,1-5,9H2,(H2,14,17). The Hall–Kier alpha value is -1.16. The Kier molecular flexibility index (Phi) is 4.31. The number of hydrogen-bond acceptors (Lipinski definition) is 3. The summed E-state index contributed by atoms with van der Waals surface area (Å²) in [5, 5.41) is 0. The maximum atomic E-state index is 5.71. The summed E-state index contributed by atoms with van der Waals surface area (Å²) in [6, 6.07) is 3.61. The molecule has 2 N–H and O–H groups in total. The van der Waals surface area contributed by atoms with Gasteiger partial charge in [0.05, 0.1) is 6.61 Å². The Balaban J connectivity index is 1.89. The van der Waals surface area contributed by atoms with Crippen LogP contribution in [0.4, 0.5) is 0 Å². The van der Waals surface area contributed by atoms with Crippen LogP contribution in [-0.4, -0.2) is 16.6 Å². The summed E-state index contributed by atoms with van der Waals surface area (Å²) in [7, 11) is 0. The normalized spacial score (nSPS) is 16.7. The van der Waals surface area contributed by atoms with Gasteiger partial charge >= 0.3 is 0 Å². The molecule has 2 rings (SSSR count). The van der Waals surface area contributed by atoms with Crippen LogP contribution < -0.4 is 10.5 Å². The van der Waals surface area contributed by atoms with Crippen molar-refractivity contribution in [3.05, 3.63) is 23.9 Å². The van der Waals surface area contributed by atoms with Crippen molar-refractivity contribution in [2.24, 2.45) is 11.7 Å². The van der Waals surface area contributed by atoms with Gasteiger partial charge in [-0.2, -0.15) is 0 Å². The van der Waals surface area contributed by atoms with Crippen molar-refractivity contribution in [2.45, 2.75) is 32.1 Å². The van der Waals surface area contributed by atoms with Crippen LogP contribution in [0.1, 0.15) is 37.7 Å². The zero-order chi connectivity index (χ0) is 12.1.